The summed E-state index contributed by atoms with van der Waals surface area (Å²) < 4.78 is 1.85. The summed E-state index contributed by atoms with van der Waals surface area (Å²) >= 11 is 0. The summed E-state index contributed by atoms with van der Waals surface area (Å²) in [7, 11) is 1.94. The largest absolute Gasteiger partial charge is 0.384 e. The number of hydrogen-bond donors (Lipinski definition) is 2. The molecule has 0 unspecified atom stereocenters. The van der Waals surface area contributed by atoms with Crippen LogP contribution in [0.2, 0.25) is 0 Å². The number of rotatable bonds is 5. The molecule has 1 fully saturated rings. The lowest BCUT2D eigenvalue weighted by Crippen LogP contribution is -2.06. The molecule has 0 spiro atoms. The van der Waals surface area contributed by atoms with Gasteiger partial charge in [0.2, 0.25) is 0 Å². The topological polar surface area (TPSA) is 81.7 Å². The Balaban J connectivity index is 1.74. The predicted octanol–water partition coefficient (Wildman–Crippen LogP) is 1.84. The molecule has 0 amide bonds. The third-order valence-electron chi connectivity index (χ3n) is 3.49. The van der Waals surface area contributed by atoms with Crippen LogP contribution in [-0.4, -0.2) is 19.7 Å². The second kappa shape index (κ2) is 5.11. The fourth-order valence-corrected chi connectivity index (χ4v) is 2.31. The van der Waals surface area contributed by atoms with Crippen LogP contribution in [-0.2, 0) is 20.0 Å². The second-order valence-corrected chi connectivity index (χ2v) is 5.29. The summed E-state index contributed by atoms with van der Waals surface area (Å²) in [4.78, 5) is 8.84. The third-order valence-corrected chi connectivity index (χ3v) is 3.49. The first-order valence-electron chi connectivity index (χ1n) is 7.05. The molecule has 6 heteroatoms. The van der Waals surface area contributed by atoms with Crippen molar-refractivity contribution >= 4 is 11.6 Å². The highest BCUT2D eigenvalue weighted by atomic mass is 15.3. The van der Waals surface area contributed by atoms with Crippen molar-refractivity contribution in [3.05, 3.63) is 29.3 Å². The lowest BCUT2D eigenvalue weighted by molar-refractivity contribution is 0.746. The quantitative estimate of drug-likeness (QED) is 0.868. The molecule has 1 aliphatic carbocycles. The van der Waals surface area contributed by atoms with Crippen molar-refractivity contribution in [1.29, 1.82) is 0 Å². The second-order valence-electron chi connectivity index (χ2n) is 5.29. The minimum atomic E-state index is 0.503. The lowest BCUT2D eigenvalue weighted by atomic mass is 10.2. The molecular formula is C14H20N6. The lowest BCUT2D eigenvalue weighted by Gasteiger charge is -2.08. The van der Waals surface area contributed by atoms with Crippen LogP contribution >= 0.6 is 0 Å². The summed E-state index contributed by atoms with van der Waals surface area (Å²) in [6.45, 7) is 2.82. The summed E-state index contributed by atoms with van der Waals surface area (Å²) in [5.41, 5.74) is 8.16. The zero-order valence-electron chi connectivity index (χ0n) is 11.9. The van der Waals surface area contributed by atoms with E-state index in [9.17, 15) is 0 Å². The molecule has 106 valence electrons. The zero-order valence-corrected chi connectivity index (χ0v) is 11.9. The minimum absolute atomic E-state index is 0.503. The van der Waals surface area contributed by atoms with Gasteiger partial charge in [0.15, 0.2) is 0 Å². The Labute approximate surface area is 118 Å². The molecule has 0 aromatic carbocycles. The molecule has 20 heavy (non-hydrogen) atoms. The standard InChI is InChI=1S/C14H20N6/c1-3-11-10(8-20(2)19-11)7-16-13-6-12(15)17-14(18-13)9-4-5-9/h6,8-9H,3-5,7H2,1-2H3,(H3,15,16,17,18). The Morgan fingerprint density at radius 2 is 2.20 bits per heavy atom. The fourth-order valence-electron chi connectivity index (χ4n) is 2.31. The SMILES string of the molecule is CCc1nn(C)cc1CNc1cc(N)nc(C2CC2)n1. The molecule has 6 nitrogen and oxygen atoms in total. The number of aryl methyl sites for hydroxylation is 2. The van der Waals surface area contributed by atoms with Crippen molar-refractivity contribution in [1.82, 2.24) is 19.7 Å². The van der Waals surface area contributed by atoms with E-state index in [0.717, 1.165) is 23.8 Å². The van der Waals surface area contributed by atoms with E-state index in [0.29, 0.717) is 18.3 Å². The molecule has 2 aromatic rings. The molecular weight excluding hydrogens is 252 g/mol. The Morgan fingerprint density at radius 3 is 2.90 bits per heavy atom. The molecule has 1 aliphatic rings. The Morgan fingerprint density at radius 1 is 1.40 bits per heavy atom. The van der Waals surface area contributed by atoms with Crippen LogP contribution in [0.1, 0.15) is 42.8 Å². The van der Waals surface area contributed by atoms with Gasteiger partial charge in [0.1, 0.15) is 17.5 Å². The summed E-state index contributed by atoms with van der Waals surface area (Å²) in [5, 5.41) is 7.76. The Bertz CT molecular complexity index is 614. The fraction of sp³-hybridized carbons (Fsp3) is 0.500. The van der Waals surface area contributed by atoms with Gasteiger partial charge in [-0.05, 0) is 19.3 Å². The molecule has 0 radical (unpaired) electrons. The average molecular weight is 272 g/mol. The van der Waals surface area contributed by atoms with Gasteiger partial charge in [0.05, 0.1) is 5.69 Å². The normalized spacial score (nSPS) is 14.5. The van der Waals surface area contributed by atoms with Gasteiger partial charge < -0.3 is 11.1 Å². The van der Waals surface area contributed by atoms with Crippen molar-refractivity contribution < 1.29 is 0 Å². The smallest absolute Gasteiger partial charge is 0.136 e. The Kier molecular flexibility index (Phi) is 3.30. The molecule has 1 saturated carbocycles. The van der Waals surface area contributed by atoms with Crippen LogP contribution in [0.15, 0.2) is 12.3 Å². The van der Waals surface area contributed by atoms with E-state index in [-0.39, 0.29) is 0 Å². The van der Waals surface area contributed by atoms with Crippen molar-refractivity contribution in [3.63, 3.8) is 0 Å². The highest BCUT2D eigenvalue weighted by Crippen LogP contribution is 2.38. The minimum Gasteiger partial charge on any atom is -0.384 e. The first kappa shape index (κ1) is 12.9. The number of anilines is 2. The number of aromatic nitrogens is 4. The van der Waals surface area contributed by atoms with Crippen molar-refractivity contribution in [2.75, 3.05) is 11.1 Å². The van der Waals surface area contributed by atoms with Crippen molar-refractivity contribution in [2.24, 2.45) is 7.05 Å². The zero-order chi connectivity index (χ0) is 14.1. The Hall–Kier alpha value is -2.11. The van der Waals surface area contributed by atoms with E-state index in [2.05, 4.69) is 27.3 Å². The van der Waals surface area contributed by atoms with Crippen molar-refractivity contribution in [3.8, 4) is 0 Å². The van der Waals surface area contributed by atoms with Crippen molar-refractivity contribution in [2.45, 2.75) is 38.6 Å². The van der Waals surface area contributed by atoms with Gasteiger partial charge in [-0.1, -0.05) is 6.92 Å². The maximum Gasteiger partial charge on any atom is 0.136 e. The van der Waals surface area contributed by atoms with Crippen LogP contribution in [0.5, 0.6) is 0 Å². The summed E-state index contributed by atoms with van der Waals surface area (Å²) in [6, 6.07) is 1.79. The van der Waals surface area contributed by atoms with Crippen LogP contribution in [0.4, 0.5) is 11.6 Å². The van der Waals surface area contributed by atoms with Gasteiger partial charge in [0, 0.05) is 37.3 Å². The van der Waals surface area contributed by atoms with Gasteiger partial charge >= 0.3 is 0 Å². The molecule has 3 N–H and O–H groups in total. The highest BCUT2D eigenvalue weighted by molar-refractivity contribution is 5.46. The maximum absolute atomic E-state index is 5.85. The van der Waals surface area contributed by atoms with E-state index >= 15 is 0 Å². The molecule has 3 rings (SSSR count). The molecule has 2 heterocycles. The molecule has 0 saturated heterocycles. The van der Waals surface area contributed by atoms with E-state index in [1.165, 1.54) is 18.4 Å². The van der Waals surface area contributed by atoms with Gasteiger partial charge in [-0.25, -0.2) is 9.97 Å². The summed E-state index contributed by atoms with van der Waals surface area (Å²) in [5.74, 6) is 2.70. The van der Waals surface area contributed by atoms with Gasteiger partial charge in [0.25, 0.3) is 0 Å². The molecule has 2 aromatic heterocycles. The van der Waals surface area contributed by atoms with Crippen LogP contribution < -0.4 is 11.1 Å². The van der Waals surface area contributed by atoms with E-state index in [1.54, 1.807) is 6.07 Å². The van der Waals surface area contributed by atoms with Gasteiger partial charge in [-0.15, -0.1) is 0 Å². The monoisotopic (exact) mass is 272 g/mol. The van der Waals surface area contributed by atoms with E-state index in [4.69, 9.17) is 5.73 Å². The van der Waals surface area contributed by atoms with E-state index in [1.807, 2.05) is 17.9 Å². The summed E-state index contributed by atoms with van der Waals surface area (Å²) in [6.07, 6.45) is 5.31. The number of hydrogen-bond acceptors (Lipinski definition) is 5. The number of nitrogens with zero attached hydrogens (tertiary/aromatic N) is 4. The molecule has 0 bridgehead atoms. The number of nitrogens with two attached hydrogens (primary N) is 1. The van der Waals surface area contributed by atoms with E-state index < -0.39 is 0 Å². The van der Waals surface area contributed by atoms with Crippen LogP contribution in [0, 0.1) is 0 Å². The predicted molar refractivity (Wildman–Crippen MR) is 78.3 cm³/mol. The first-order valence-corrected chi connectivity index (χ1v) is 7.05. The molecule has 0 aliphatic heterocycles. The average Bonchev–Trinajstić information content (AvgIpc) is 3.20. The third kappa shape index (κ3) is 2.74. The van der Waals surface area contributed by atoms with Crippen LogP contribution in [0.3, 0.4) is 0 Å². The maximum atomic E-state index is 5.85. The number of nitrogens with one attached hydrogen (secondary N) is 1. The van der Waals surface area contributed by atoms with Gasteiger partial charge in [-0.3, -0.25) is 4.68 Å². The number of nitrogen functional groups attached to an aromatic ring is 1. The first-order chi connectivity index (χ1) is 9.65. The highest BCUT2D eigenvalue weighted by Gasteiger charge is 2.27. The molecule has 0 atom stereocenters. The van der Waals surface area contributed by atoms with Gasteiger partial charge in [-0.2, -0.15) is 5.10 Å². The van der Waals surface area contributed by atoms with Crippen LogP contribution in [0.25, 0.3) is 0 Å².